The van der Waals surface area contributed by atoms with Crippen LogP contribution in [0.4, 0.5) is 5.69 Å². The normalized spacial score (nSPS) is 17.2. The molecule has 4 nitrogen and oxygen atoms in total. The quantitative estimate of drug-likeness (QED) is 0.245. The van der Waals surface area contributed by atoms with Gasteiger partial charge in [0.05, 0.1) is 0 Å². The number of Topliss-reactive ketones (excluding diaryl/α,β-unsaturated/α-hetero) is 1. The van der Waals surface area contributed by atoms with Gasteiger partial charge in [0.15, 0.2) is 5.78 Å². The van der Waals surface area contributed by atoms with E-state index in [2.05, 4.69) is 52.3 Å². The molecule has 1 fully saturated rings. The second-order valence-electron chi connectivity index (χ2n) is 11.1. The second kappa shape index (κ2) is 12.9. The van der Waals surface area contributed by atoms with Crippen LogP contribution in [0, 0.1) is 5.92 Å². The highest BCUT2D eigenvalue weighted by atomic mass is 35.5. The second-order valence-corrected chi connectivity index (χ2v) is 11.5. The first-order valence-electron chi connectivity index (χ1n) is 14.2. The van der Waals surface area contributed by atoms with E-state index in [-0.39, 0.29) is 0 Å². The number of nitrogen functional groups attached to an aromatic ring is 1. The molecule has 2 heterocycles. The van der Waals surface area contributed by atoms with Gasteiger partial charge in [-0.15, -0.1) is 0 Å². The van der Waals surface area contributed by atoms with Crippen molar-refractivity contribution in [3.05, 3.63) is 99.6 Å². The molecule has 0 spiro atoms. The van der Waals surface area contributed by atoms with Crippen molar-refractivity contribution in [3.63, 3.8) is 0 Å². The van der Waals surface area contributed by atoms with Crippen LogP contribution in [0.1, 0.15) is 64.7 Å². The monoisotopic (exact) mass is 529 g/mol. The number of carbonyl (C=O) groups is 1. The van der Waals surface area contributed by atoms with Crippen LogP contribution in [-0.4, -0.2) is 41.8 Å². The van der Waals surface area contributed by atoms with Crippen molar-refractivity contribution in [2.24, 2.45) is 5.92 Å². The number of nitrogens with zero attached hydrogens (tertiary/aromatic N) is 2. The first-order valence-corrected chi connectivity index (χ1v) is 14.6. The lowest BCUT2D eigenvalue weighted by atomic mass is 9.90. The van der Waals surface area contributed by atoms with Gasteiger partial charge in [-0.1, -0.05) is 60.1 Å². The number of likely N-dealkylation sites (tertiary alicyclic amines) is 1. The molecule has 0 bridgehead atoms. The minimum atomic E-state index is 0.294. The topological polar surface area (TPSA) is 49.6 Å². The van der Waals surface area contributed by atoms with Crippen molar-refractivity contribution >= 4 is 23.1 Å². The molecule has 0 radical (unpaired) electrons. The van der Waals surface area contributed by atoms with Gasteiger partial charge < -0.3 is 5.73 Å². The molecular formula is C33H40ClN3O. The minimum Gasteiger partial charge on any atom is -0.398 e. The van der Waals surface area contributed by atoms with Crippen molar-refractivity contribution in [1.29, 1.82) is 0 Å². The van der Waals surface area contributed by atoms with Crippen molar-refractivity contribution < 1.29 is 4.79 Å². The summed E-state index contributed by atoms with van der Waals surface area (Å²) in [5.74, 6) is 1.02. The van der Waals surface area contributed by atoms with E-state index < -0.39 is 0 Å². The van der Waals surface area contributed by atoms with E-state index in [1.165, 1.54) is 35.1 Å². The smallest absolute Gasteiger partial charge is 0.162 e. The number of para-hydroxylation sites is 1. The summed E-state index contributed by atoms with van der Waals surface area (Å²) in [5.41, 5.74) is 13.1. The highest BCUT2D eigenvalue weighted by Gasteiger charge is 2.21. The number of hydrogen-bond donors (Lipinski definition) is 1. The van der Waals surface area contributed by atoms with Gasteiger partial charge in [-0.25, -0.2) is 0 Å². The number of hydrogen-bond acceptors (Lipinski definition) is 4. The van der Waals surface area contributed by atoms with Gasteiger partial charge >= 0.3 is 0 Å². The molecule has 38 heavy (non-hydrogen) atoms. The summed E-state index contributed by atoms with van der Waals surface area (Å²) in [7, 11) is 0. The summed E-state index contributed by atoms with van der Waals surface area (Å²) >= 11 is 6.34. The Morgan fingerprint density at radius 3 is 2.24 bits per heavy atom. The van der Waals surface area contributed by atoms with E-state index in [4.69, 9.17) is 17.3 Å². The third-order valence-electron chi connectivity index (χ3n) is 8.45. The van der Waals surface area contributed by atoms with Crippen molar-refractivity contribution in [1.82, 2.24) is 9.80 Å². The molecular weight excluding hydrogens is 490 g/mol. The van der Waals surface area contributed by atoms with Gasteiger partial charge in [0.1, 0.15) is 0 Å². The Hall–Kier alpha value is -2.66. The minimum absolute atomic E-state index is 0.294. The molecule has 0 amide bonds. The van der Waals surface area contributed by atoms with E-state index in [0.29, 0.717) is 12.2 Å². The van der Waals surface area contributed by atoms with Gasteiger partial charge in [-0.2, -0.15) is 0 Å². The molecule has 2 N–H and O–H groups in total. The van der Waals surface area contributed by atoms with E-state index in [1.54, 1.807) is 0 Å². The molecule has 2 aliphatic rings. The molecule has 0 saturated carbocycles. The molecule has 0 aliphatic carbocycles. The summed E-state index contributed by atoms with van der Waals surface area (Å²) in [6.07, 6.45) is 7.20. The maximum absolute atomic E-state index is 13.0. The summed E-state index contributed by atoms with van der Waals surface area (Å²) in [6.45, 7) is 6.05. The lowest BCUT2D eigenvalue weighted by Gasteiger charge is -2.32. The van der Waals surface area contributed by atoms with Crippen LogP contribution < -0.4 is 5.73 Å². The fourth-order valence-corrected chi connectivity index (χ4v) is 6.21. The van der Waals surface area contributed by atoms with Crippen LogP contribution in [-0.2, 0) is 25.9 Å². The van der Waals surface area contributed by atoms with E-state index in [1.807, 2.05) is 24.3 Å². The van der Waals surface area contributed by atoms with Gasteiger partial charge in [0, 0.05) is 48.9 Å². The van der Waals surface area contributed by atoms with Crippen LogP contribution in [0.5, 0.6) is 0 Å². The maximum Gasteiger partial charge on any atom is 0.162 e. The summed E-state index contributed by atoms with van der Waals surface area (Å²) in [6, 6.07) is 22.7. The number of anilines is 1. The number of piperidine rings is 1. The van der Waals surface area contributed by atoms with Gasteiger partial charge in [0.25, 0.3) is 0 Å². The van der Waals surface area contributed by atoms with E-state index in [0.717, 1.165) is 87.1 Å². The highest BCUT2D eigenvalue weighted by molar-refractivity contribution is 6.31. The van der Waals surface area contributed by atoms with Crippen molar-refractivity contribution in [2.45, 2.75) is 58.0 Å². The molecule has 200 valence electrons. The van der Waals surface area contributed by atoms with Crippen LogP contribution in [0.15, 0.2) is 66.7 Å². The average Bonchev–Trinajstić information content (AvgIpc) is 3.14. The first-order chi connectivity index (χ1) is 18.5. The van der Waals surface area contributed by atoms with Crippen molar-refractivity contribution in [3.8, 4) is 0 Å². The number of nitrogens with two attached hydrogens (primary N) is 1. The van der Waals surface area contributed by atoms with Crippen LogP contribution in [0.3, 0.4) is 0 Å². The van der Waals surface area contributed by atoms with E-state index in [9.17, 15) is 4.79 Å². The maximum atomic E-state index is 13.0. The van der Waals surface area contributed by atoms with Crippen molar-refractivity contribution in [2.75, 3.05) is 31.9 Å². The number of benzene rings is 3. The molecule has 3 aromatic carbocycles. The van der Waals surface area contributed by atoms with Gasteiger partial charge in [-0.3, -0.25) is 14.6 Å². The lowest BCUT2D eigenvalue weighted by Crippen LogP contribution is -2.33. The number of ketones is 1. The first kappa shape index (κ1) is 26.9. The number of fused-ring (bicyclic) bond motifs is 1. The molecule has 0 unspecified atom stereocenters. The zero-order chi connectivity index (χ0) is 26.3. The third kappa shape index (κ3) is 7.05. The number of carbonyl (C=O) groups excluding carboxylic acids is 1. The predicted molar refractivity (Wildman–Crippen MR) is 158 cm³/mol. The van der Waals surface area contributed by atoms with E-state index >= 15 is 0 Å². The lowest BCUT2D eigenvalue weighted by molar-refractivity contribution is 0.0974. The Morgan fingerprint density at radius 1 is 0.816 bits per heavy atom. The summed E-state index contributed by atoms with van der Waals surface area (Å²) in [4.78, 5) is 18.0. The Labute approximate surface area is 232 Å². The molecule has 0 atom stereocenters. The number of rotatable bonds is 9. The Bertz CT molecular complexity index is 1230. The summed E-state index contributed by atoms with van der Waals surface area (Å²) in [5, 5.41) is 0.862. The van der Waals surface area contributed by atoms with Crippen LogP contribution >= 0.6 is 11.6 Å². The van der Waals surface area contributed by atoms with Crippen LogP contribution in [0.2, 0.25) is 5.02 Å². The Morgan fingerprint density at radius 2 is 1.47 bits per heavy atom. The molecule has 2 aliphatic heterocycles. The largest absolute Gasteiger partial charge is 0.398 e. The fraction of sp³-hybridized carbons (Fsp3) is 0.424. The third-order valence-corrected chi connectivity index (χ3v) is 8.82. The molecule has 5 heteroatoms. The SMILES string of the molecule is Nc1ccccc1CN1CCc2ccc(C(=O)CCCC3CCN(Cc4ccccc4Cl)CC3)cc2CC1. The predicted octanol–water partition coefficient (Wildman–Crippen LogP) is 6.79. The summed E-state index contributed by atoms with van der Waals surface area (Å²) < 4.78 is 0. The van der Waals surface area contributed by atoms with Crippen LogP contribution in [0.25, 0.3) is 0 Å². The zero-order valence-electron chi connectivity index (χ0n) is 22.4. The standard InChI is InChI=1S/C33H40ClN3O/c34-31-9-3-1-7-29(31)23-36-18-14-25(15-19-36)6-5-11-33(38)28-13-12-26-16-20-37(21-17-27(26)22-28)24-30-8-2-4-10-32(30)35/h1-4,7-10,12-13,22,25H,5-6,11,14-21,23-24,35H2. The fourth-order valence-electron chi connectivity index (χ4n) is 6.02. The molecule has 0 aromatic heterocycles. The average molecular weight is 530 g/mol. The highest BCUT2D eigenvalue weighted by Crippen LogP contribution is 2.26. The molecule has 1 saturated heterocycles. The van der Waals surface area contributed by atoms with Gasteiger partial charge in [0.2, 0.25) is 0 Å². The molecule has 3 aromatic rings. The number of halogens is 1. The Kier molecular flexibility index (Phi) is 9.16. The zero-order valence-corrected chi connectivity index (χ0v) is 23.1. The van der Waals surface area contributed by atoms with Gasteiger partial charge in [-0.05, 0) is 98.0 Å². The Balaban J connectivity index is 1.06. The molecule has 5 rings (SSSR count).